The Morgan fingerprint density at radius 2 is 1.70 bits per heavy atom. The number of aryl methyl sites for hydroxylation is 1. The highest BCUT2D eigenvalue weighted by Crippen LogP contribution is 2.39. The number of aldehydes is 1. The highest BCUT2D eigenvalue weighted by atomic mass is 32.2. The number of carbonyl (C=O) groups is 1. The minimum Gasteiger partial charge on any atom is -0.496 e. The van der Waals surface area contributed by atoms with Crippen LogP contribution in [0.4, 0.5) is 0 Å². The molecule has 0 amide bonds. The second-order valence-electron chi connectivity index (χ2n) is 6.74. The van der Waals surface area contributed by atoms with Gasteiger partial charge in [0.1, 0.15) is 22.7 Å². The normalized spacial score (nSPS) is 12.5. The number of hydrogen-bond acceptors (Lipinski definition) is 5. The molecular formula is C21H26O5S. The number of rotatable bonds is 8. The predicted molar refractivity (Wildman–Crippen MR) is 105 cm³/mol. The third kappa shape index (κ3) is 4.69. The van der Waals surface area contributed by atoms with E-state index in [0.29, 0.717) is 24.2 Å². The Balaban J connectivity index is 2.49. The summed E-state index contributed by atoms with van der Waals surface area (Å²) in [5, 5.41) is 0. The summed E-state index contributed by atoms with van der Waals surface area (Å²) in [5.41, 5.74) is 3.42. The maximum atomic E-state index is 12.7. The first-order valence-electron chi connectivity index (χ1n) is 8.84. The first-order chi connectivity index (χ1) is 12.7. The van der Waals surface area contributed by atoms with E-state index >= 15 is 0 Å². The van der Waals surface area contributed by atoms with Gasteiger partial charge in [-0.25, -0.2) is 0 Å². The summed E-state index contributed by atoms with van der Waals surface area (Å²) >= 11 is 0. The van der Waals surface area contributed by atoms with Gasteiger partial charge in [0.15, 0.2) is 0 Å². The van der Waals surface area contributed by atoms with Crippen molar-refractivity contribution in [2.75, 3.05) is 7.11 Å². The van der Waals surface area contributed by atoms with E-state index in [2.05, 4.69) is 0 Å². The van der Waals surface area contributed by atoms with Gasteiger partial charge in [-0.05, 0) is 62.4 Å². The van der Waals surface area contributed by atoms with Gasteiger partial charge in [0.2, 0.25) is 0 Å². The highest BCUT2D eigenvalue weighted by Gasteiger charge is 2.23. The molecule has 0 N–H and O–H groups in total. The van der Waals surface area contributed by atoms with Gasteiger partial charge in [-0.15, -0.1) is 0 Å². The summed E-state index contributed by atoms with van der Waals surface area (Å²) in [7, 11) is -2.41. The Hall–Kier alpha value is -2.34. The van der Waals surface area contributed by atoms with E-state index in [4.69, 9.17) is 8.92 Å². The van der Waals surface area contributed by atoms with E-state index in [1.807, 2.05) is 20.8 Å². The number of carbonyl (C=O) groups excluding carboxylic acids is 1. The first-order valence-corrected chi connectivity index (χ1v) is 10.2. The van der Waals surface area contributed by atoms with Gasteiger partial charge in [-0.2, -0.15) is 8.42 Å². The molecule has 0 aliphatic rings. The van der Waals surface area contributed by atoms with E-state index in [9.17, 15) is 13.2 Å². The van der Waals surface area contributed by atoms with E-state index < -0.39 is 10.1 Å². The van der Waals surface area contributed by atoms with E-state index in [0.717, 1.165) is 23.0 Å². The third-order valence-electron chi connectivity index (χ3n) is 4.73. The zero-order valence-electron chi connectivity index (χ0n) is 16.4. The molecule has 2 aromatic rings. The average Bonchev–Trinajstić information content (AvgIpc) is 2.62. The SMILES string of the molecule is COc1c(C)c(OS(=O)(=O)c2ccc(C)cc2)cc(C(C)CCC=O)c1C. The first kappa shape index (κ1) is 21.0. The molecule has 0 aliphatic carbocycles. The Bertz CT molecular complexity index is 915. The smallest absolute Gasteiger partial charge is 0.339 e. The van der Waals surface area contributed by atoms with Gasteiger partial charge in [-0.1, -0.05) is 24.6 Å². The van der Waals surface area contributed by atoms with Gasteiger partial charge in [0.05, 0.1) is 7.11 Å². The van der Waals surface area contributed by atoms with Crippen molar-refractivity contribution >= 4 is 16.4 Å². The molecule has 0 radical (unpaired) electrons. The molecule has 0 aliphatic heterocycles. The van der Waals surface area contributed by atoms with Gasteiger partial charge in [0.25, 0.3) is 0 Å². The molecule has 0 heterocycles. The van der Waals surface area contributed by atoms with Crippen LogP contribution in [0.5, 0.6) is 11.5 Å². The van der Waals surface area contributed by atoms with Crippen LogP contribution in [0.3, 0.4) is 0 Å². The molecule has 2 aromatic carbocycles. The number of benzene rings is 2. The van der Waals surface area contributed by atoms with Crippen LogP contribution in [0.25, 0.3) is 0 Å². The van der Waals surface area contributed by atoms with Crippen molar-refractivity contribution in [3.63, 3.8) is 0 Å². The molecular weight excluding hydrogens is 364 g/mol. The molecule has 146 valence electrons. The van der Waals surface area contributed by atoms with Crippen molar-refractivity contribution in [1.82, 2.24) is 0 Å². The lowest BCUT2D eigenvalue weighted by molar-refractivity contribution is -0.108. The van der Waals surface area contributed by atoms with Crippen LogP contribution < -0.4 is 8.92 Å². The lowest BCUT2D eigenvalue weighted by Gasteiger charge is -2.21. The Kier molecular flexibility index (Phi) is 6.65. The van der Waals surface area contributed by atoms with Crippen LogP contribution in [0, 0.1) is 20.8 Å². The highest BCUT2D eigenvalue weighted by molar-refractivity contribution is 7.87. The largest absolute Gasteiger partial charge is 0.496 e. The fourth-order valence-electron chi connectivity index (χ4n) is 3.13. The molecule has 0 spiro atoms. The minimum atomic E-state index is -3.96. The summed E-state index contributed by atoms with van der Waals surface area (Å²) in [6, 6.07) is 8.25. The zero-order chi connectivity index (χ0) is 20.2. The fourth-order valence-corrected chi connectivity index (χ4v) is 4.11. The molecule has 2 rings (SSSR count). The van der Waals surface area contributed by atoms with Gasteiger partial charge >= 0.3 is 10.1 Å². The summed E-state index contributed by atoms with van der Waals surface area (Å²) in [5.74, 6) is 0.902. The van der Waals surface area contributed by atoms with Crippen LogP contribution in [0.2, 0.25) is 0 Å². The zero-order valence-corrected chi connectivity index (χ0v) is 17.2. The average molecular weight is 391 g/mol. The van der Waals surface area contributed by atoms with Crippen molar-refractivity contribution < 1.29 is 22.1 Å². The Morgan fingerprint density at radius 3 is 2.26 bits per heavy atom. The molecule has 27 heavy (non-hydrogen) atoms. The maximum absolute atomic E-state index is 12.7. The predicted octanol–water partition coefficient (Wildman–Crippen LogP) is 4.47. The second kappa shape index (κ2) is 8.57. The maximum Gasteiger partial charge on any atom is 0.339 e. The molecule has 0 aromatic heterocycles. The fraction of sp³-hybridized carbons (Fsp3) is 0.381. The van der Waals surface area contributed by atoms with Crippen molar-refractivity contribution in [2.45, 2.75) is 51.3 Å². The van der Waals surface area contributed by atoms with Crippen molar-refractivity contribution in [3.05, 3.63) is 52.6 Å². The molecule has 1 unspecified atom stereocenters. The van der Waals surface area contributed by atoms with Crippen LogP contribution in [-0.4, -0.2) is 21.8 Å². The van der Waals surface area contributed by atoms with Crippen LogP contribution >= 0.6 is 0 Å². The van der Waals surface area contributed by atoms with Crippen LogP contribution in [0.15, 0.2) is 35.2 Å². The topological polar surface area (TPSA) is 69.7 Å². The number of hydrogen-bond donors (Lipinski definition) is 0. The molecule has 1 atom stereocenters. The molecule has 0 fully saturated rings. The second-order valence-corrected chi connectivity index (χ2v) is 8.29. The standard InChI is InChI=1S/C21H26O5S/c1-14-8-10-18(11-9-14)27(23,24)26-20-13-19(15(2)7-6-12-22)16(3)21(25-5)17(20)4/h8-13,15H,6-7H2,1-5H3. The summed E-state index contributed by atoms with van der Waals surface area (Å²) < 4.78 is 36.4. The Labute approximate surface area is 161 Å². The Morgan fingerprint density at radius 1 is 1.07 bits per heavy atom. The minimum absolute atomic E-state index is 0.0640. The van der Waals surface area contributed by atoms with E-state index in [1.54, 1.807) is 32.2 Å². The number of methoxy groups -OCH3 is 1. The van der Waals surface area contributed by atoms with Crippen LogP contribution in [-0.2, 0) is 14.9 Å². The van der Waals surface area contributed by atoms with E-state index in [1.165, 1.54) is 12.1 Å². The quantitative estimate of drug-likeness (QED) is 0.491. The lowest BCUT2D eigenvalue weighted by atomic mass is 9.90. The lowest BCUT2D eigenvalue weighted by Crippen LogP contribution is -2.12. The van der Waals surface area contributed by atoms with Crippen molar-refractivity contribution in [3.8, 4) is 11.5 Å². The van der Waals surface area contributed by atoms with Crippen LogP contribution in [0.1, 0.15) is 47.9 Å². The summed E-state index contributed by atoms with van der Waals surface area (Å²) in [6.45, 7) is 7.58. The molecule has 0 saturated heterocycles. The van der Waals surface area contributed by atoms with Crippen molar-refractivity contribution in [2.24, 2.45) is 0 Å². The summed E-state index contributed by atoms with van der Waals surface area (Å²) in [6.07, 6.45) is 1.99. The third-order valence-corrected chi connectivity index (χ3v) is 5.98. The van der Waals surface area contributed by atoms with E-state index in [-0.39, 0.29) is 16.6 Å². The van der Waals surface area contributed by atoms with Gasteiger partial charge in [-0.3, -0.25) is 0 Å². The molecule has 5 nitrogen and oxygen atoms in total. The molecule has 6 heteroatoms. The number of ether oxygens (including phenoxy) is 1. The molecule has 0 bridgehead atoms. The van der Waals surface area contributed by atoms with Crippen molar-refractivity contribution in [1.29, 1.82) is 0 Å². The van der Waals surface area contributed by atoms with Gasteiger partial charge in [0, 0.05) is 12.0 Å². The van der Waals surface area contributed by atoms with Gasteiger partial charge < -0.3 is 13.7 Å². The molecule has 0 saturated carbocycles. The summed E-state index contributed by atoms with van der Waals surface area (Å²) in [4.78, 5) is 10.8. The monoisotopic (exact) mass is 390 g/mol.